The highest BCUT2D eigenvalue weighted by Gasteiger charge is 2.23. The maximum absolute atomic E-state index is 10.4. The molecule has 0 fully saturated rings. The van der Waals surface area contributed by atoms with Crippen LogP contribution in [-0.4, -0.2) is 32.4 Å². The Morgan fingerprint density at radius 1 is 0.509 bits per heavy atom. The van der Waals surface area contributed by atoms with E-state index in [2.05, 4.69) is 22.4 Å². The normalized spacial score (nSPS) is 11.0. The summed E-state index contributed by atoms with van der Waals surface area (Å²) in [4.78, 5) is 12.4. The fourth-order valence-corrected chi connectivity index (χ4v) is 5.82. The quantitative estimate of drug-likeness (QED) is 0.0594. The largest absolute Gasteiger partial charge is 0.485 e. The molecule has 55 heavy (non-hydrogen) atoms. The van der Waals surface area contributed by atoms with Gasteiger partial charge in [0, 0.05) is 31.1 Å². The molecule has 6 rings (SSSR count). The van der Waals surface area contributed by atoms with Crippen molar-refractivity contribution in [3.63, 3.8) is 0 Å². The summed E-state index contributed by atoms with van der Waals surface area (Å²) in [5, 5.41) is 20.7. The summed E-state index contributed by atoms with van der Waals surface area (Å²) < 4.78 is 25.2. The van der Waals surface area contributed by atoms with Gasteiger partial charge in [0.05, 0.1) is 19.1 Å². The summed E-state index contributed by atoms with van der Waals surface area (Å²) in [7, 11) is 0. The van der Waals surface area contributed by atoms with E-state index in [0.717, 1.165) is 22.3 Å². The van der Waals surface area contributed by atoms with Crippen LogP contribution in [0.15, 0.2) is 146 Å². The number of pyridine rings is 2. The summed E-state index contributed by atoms with van der Waals surface area (Å²) in [6.45, 7) is 3.66. The van der Waals surface area contributed by atoms with Crippen LogP contribution in [0.25, 0.3) is 0 Å². The number of hydrogen-bond donors (Lipinski definition) is 0. The lowest BCUT2D eigenvalue weighted by atomic mass is 10.2. The molecule has 0 N–H and O–H groups in total. The summed E-state index contributed by atoms with van der Waals surface area (Å²) in [6.07, 6.45) is 7.92. The standard InChI is InChI=1S/C45H42N6O4/c1-35(51(34-47)28-41-45(55-32-39-20-12-5-13-21-39)43(23-25-49-41)53-30-37-16-8-3-9-17-37)26-50(33-46)27-40-44(54-31-38-18-10-4-11-19-38)42(22-24-48-40)52-29-36-14-6-2-7-15-36/h2-25,35H,26-32H2,1H3. The number of hydrogen-bond acceptors (Lipinski definition) is 10. The van der Waals surface area contributed by atoms with Crippen LogP contribution in [-0.2, 0) is 39.5 Å². The lowest BCUT2D eigenvalue weighted by molar-refractivity contribution is 0.215. The summed E-state index contributed by atoms with van der Waals surface area (Å²) in [5.74, 6) is 1.97. The van der Waals surface area contributed by atoms with E-state index in [0.29, 0.717) is 60.8 Å². The van der Waals surface area contributed by atoms with Crippen molar-refractivity contribution >= 4 is 0 Å². The zero-order chi connectivity index (χ0) is 38.1. The van der Waals surface area contributed by atoms with Gasteiger partial charge in [0.15, 0.2) is 35.4 Å². The molecular formula is C45H42N6O4. The molecule has 2 heterocycles. The van der Waals surface area contributed by atoms with E-state index in [1.54, 1.807) is 34.3 Å². The first-order valence-electron chi connectivity index (χ1n) is 18.0. The van der Waals surface area contributed by atoms with Gasteiger partial charge in [-0.3, -0.25) is 14.9 Å². The first kappa shape index (κ1) is 37.7. The summed E-state index contributed by atoms with van der Waals surface area (Å²) >= 11 is 0. The minimum atomic E-state index is -0.395. The number of nitriles is 2. The fourth-order valence-electron chi connectivity index (χ4n) is 5.82. The predicted molar refractivity (Wildman–Crippen MR) is 208 cm³/mol. The third-order valence-electron chi connectivity index (χ3n) is 8.76. The molecule has 0 saturated heterocycles. The van der Waals surface area contributed by atoms with Gasteiger partial charge in [0.25, 0.3) is 0 Å². The third kappa shape index (κ3) is 11.0. The summed E-state index contributed by atoms with van der Waals surface area (Å²) in [5.41, 5.74) is 5.07. The Kier molecular flexibility index (Phi) is 13.5. The average Bonchev–Trinajstić information content (AvgIpc) is 3.24. The molecule has 1 unspecified atom stereocenters. The lowest BCUT2D eigenvalue weighted by Crippen LogP contribution is -2.38. The van der Waals surface area contributed by atoms with Gasteiger partial charge in [-0.15, -0.1) is 0 Å². The highest BCUT2D eigenvalue weighted by Crippen LogP contribution is 2.34. The second-order valence-electron chi connectivity index (χ2n) is 12.8. The molecule has 0 bridgehead atoms. The zero-order valence-corrected chi connectivity index (χ0v) is 30.7. The highest BCUT2D eigenvalue weighted by molar-refractivity contribution is 5.44. The van der Waals surface area contributed by atoms with E-state index in [9.17, 15) is 10.5 Å². The SMILES string of the molecule is CC(CN(C#N)Cc1nccc(OCc2ccccc2)c1OCc1ccccc1)N(C#N)Cc1nccc(OCc2ccccc2)c1OCc1ccccc1. The van der Waals surface area contributed by atoms with Crippen LogP contribution in [0.1, 0.15) is 40.6 Å². The second kappa shape index (κ2) is 19.7. The van der Waals surface area contributed by atoms with E-state index < -0.39 is 6.04 Å². The van der Waals surface area contributed by atoms with Gasteiger partial charge in [0.2, 0.25) is 0 Å². The average molecular weight is 731 g/mol. The molecule has 10 heteroatoms. The molecule has 276 valence electrons. The third-order valence-corrected chi connectivity index (χ3v) is 8.76. The lowest BCUT2D eigenvalue weighted by Gasteiger charge is -2.28. The van der Waals surface area contributed by atoms with Crippen LogP contribution < -0.4 is 18.9 Å². The molecule has 0 amide bonds. The number of ether oxygens (including phenoxy) is 4. The molecule has 0 saturated carbocycles. The Hall–Kier alpha value is -7.04. The van der Waals surface area contributed by atoms with Gasteiger partial charge in [0.1, 0.15) is 37.8 Å². The molecule has 1 atom stereocenters. The monoisotopic (exact) mass is 730 g/mol. The molecule has 4 aromatic carbocycles. The van der Waals surface area contributed by atoms with Crippen molar-refractivity contribution < 1.29 is 18.9 Å². The van der Waals surface area contributed by atoms with E-state index >= 15 is 0 Å². The summed E-state index contributed by atoms with van der Waals surface area (Å²) in [6, 6.07) is 42.6. The van der Waals surface area contributed by atoms with E-state index in [1.165, 1.54) is 0 Å². The van der Waals surface area contributed by atoms with Crippen molar-refractivity contribution in [3.05, 3.63) is 179 Å². The number of aromatic nitrogens is 2. The Morgan fingerprint density at radius 3 is 1.27 bits per heavy atom. The molecule has 0 aliphatic heterocycles. The van der Waals surface area contributed by atoms with Crippen LogP contribution in [0.5, 0.6) is 23.0 Å². The van der Waals surface area contributed by atoms with Gasteiger partial charge in [-0.1, -0.05) is 121 Å². The molecular weight excluding hydrogens is 689 g/mol. The first-order chi connectivity index (χ1) is 27.1. The second-order valence-corrected chi connectivity index (χ2v) is 12.8. The van der Waals surface area contributed by atoms with Gasteiger partial charge in [-0.2, -0.15) is 10.5 Å². The van der Waals surface area contributed by atoms with E-state index in [1.807, 2.05) is 128 Å². The topological polar surface area (TPSA) is 117 Å². The highest BCUT2D eigenvalue weighted by atomic mass is 16.5. The van der Waals surface area contributed by atoms with Gasteiger partial charge < -0.3 is 23.8 Å². The van der Waals surface area contributed by atoms with Gasteiger partial charge in [-0.25, -0.2) is 0 Å². The molecule has 0 aliphatic carbocycles. The van der Waals surface area contributed by atoms with Crippen LogP contribution >= 0.6 is 0 Å². The van der Waals surface area contributed by atoms with Crippen molar-refractivity contribution in [3.8, 4) is 35.4 Å². The number of benzene rings is 4. The Bertz CT molecular complexity index is 2160. The minimum absolute atomic E-state index is 0.135. The Morgan fingerprint density at radius 2 is 0.891 bits per heavy atom. The molecule has 10 nitrogen and oxygen atoms in total. The van der Waals surface area contributed by atoms with Crippen LogP contribution in [0.2, 0.25) is 0 Å². The Balaban J connectivity index is 1.18. The Labute approximate surface area is 322 Å². The fraction of sp³-hybridized carbons (Fsp3) is 0.200. The maximum Gasteiger partial charge on any atom is 0.185 e. The van der Waals surface area contributed by atoms with Gasteiger partial charge >= 0.3 is 0 Å². The predicted octanol–water partition coefficient (Wildman–Crippen LogP) is 8.45. The van der Waals surface area contributed by atoms with Crippen molar-refractivity contribution in [2.24, 2.45) is 0 Å². The smallest absolute Gasteiger partial charge is 0.185 e. The van der Waals surface area contributed by atoms with Crippen LogP contribution in [0, 0.1) is 22.9 Å². The molecule has 0 spiro atoms. The molecule has 2 aromatic heterocycles. The van der Waals surface area contributed by atoms with E-state index in [4.69, 9.17) is 18.9 Å². The van der Waals surface area contributed by atoms with E-state index in [-0.39, 0.29) is 19.6 Å². The molecule has 0 aliphatic rings. The van der Waals surface area contributed by atoms with Crippen molar-refractivity contribution in [2.75, 3.05) is 6.54 Å². The molecule has 0 radical (unpaired) electrons. The first-order valence-corrected chi connectivity index (χ1v) is 18.0. The van der Waals surface area contributed by atoms with Gasteiger partial charge in [-0.05, 0) is 29.2 Å². The van der Waals surface area contributed by atoms with Crippen molar-refractivity contribution in [2.45, 2.75) is 52.5 Å². The minimum Gasteiger partial charge on any atom is -0.485 e. The number of nitrogens with zero attached hydrogens (tertiary/aromatic N) is 6. The molecule has 6 aromatic rings. The zero-order valence-electron chi connectivity index (χ0n) is 30.7. The maximum atomic E-state index is 10.4. The van der Waals surface area contributed by atoms with Crippen LogP contribution in [0.3, 0.4) is 0 Å². The van der Waals surface area contributed by atoms with Crippen molar-refractivity contribution in [1.82, 2.24) is 19.8 Å². The van der Waals surface area contributed by atoms with Crippen LogP contribution in [0.4, 0.5) is 0 Å². The van der Waals surface area contributed by atoms with Crippen molar-refractivity contribution in [1.29, 1.82) is 10.5 Å². The number of rotatable bonds is 19.